The summed E-state index contributed by atoms with van der Waals surface area (Å²) in [7, 11) is 0. The minimum Gasteiger partial charge on any atom is -0.330 e. The molecule has 1 atom stereocenters. The summed E-state index contributed by atoms with van der Waals surface area (Å²) in [4.78, 5) is 0. The lowest BCUT2D eigenvalue weighted by molar-refractivity contribution is 0.487. The maximum atomic E-state index is 13.2. The molecule has 0 saturated carbocycles. The van der Waals surface area contributed by atoms with Gasteiger partial charge < -0.3 is 5.73 Å². The van der Waals surface area contributed by atoms with Gasteiger partial charge in [0.2, 0.25) is 0 Å². The minimum atomic E-state index is -0.790. The molecule has 0 heterocycles. The molecule has 0 spiro atoms. The Morgan fingerprint density at radius 1 is 1.38 bits per heavy atom. The lowest BCUT2D eigenvalue weighted by Crippen LogP contribution is -2.06. The van der Waals surface area contributed by atoms with Crippen molar-refractivity contribution < 1.29 is 8.78 Å². The van der Waals surface area contributed by atoms with Crippen LogP contribution in [0.3, 0.4) is 0 Å². The summed E-state index contributed by atoms with van der Waals surface area (Å²) in [5.41, 5.74) is 5.75. The van der Waals surface area contributed by atoms with Crippen LogP contribution in [-0.2, 0) is 0 Å². The van der Waals surface area contributed by atoms with Crippen LogP contribution in [0.2, 0.25) is 0 Å². The van der Waals surface area contributed by atoms with Gasteiger partial charge in [-0.2, -0.15) is 0 Å². The van der Waals surface area contributed by atoms with Gasteiger partial charge in [-0.25, -0.2) is 8.78 Å². The largest absolute Gasteiger partial charge is 0.330 e. The van der Waals surface area contributed by atoms with E-state index in [1.807, 2.05) is 6.92 Å². The fourth-order valence-corrected chi connectivity index (χ4v) is 1.31. The highest BCUT2D eigenvalue weighted by Crippen LogP contribution is 2.22. The van der Waals surface area contributed by atoms with Gasteiger partial charge in [0.25, 0.3) is 0 Å². The molecule has 3 heteroatoms. The zero-order valence-electron chi connectivity index (χ0n) is 7.56. The van der Waals surface area contributed by atoms with E-state index in [4.69, 9.17) is 5.73 Å². The molecule has 1 unspecified atom stereocenters. The van der Waals surface area contributed by atoms with E-state index in [2.05, 4.69) is 0 Å². The van der Waals surface area contributed by atoms with Crippen molar-refractivity contribution in [3.63, 3.8) is 0 Å². The predicted octanol–water partition coefficient (Wildman–Crippen LogP) is 2.42. The Kier molecular flexibility index (Phi) is 3.37. The molecule has 72 valence electrons. The molecular weight excluding hydrogens is 172 g/mol. The van der Waals surface area contributed by atoms with E-state index in [9.17, 15) is 8.78 Å². The fourth-order valence-electron chi connectivity index (χ4n) is 1.31. The first-order valence-electron chi connectivity index (χ1n) is 4.30. The SMILES string of the molecule is CC(CCN)c1cccc(F)c1F. The molecule has 0 aromatic heterocycles. The van der Waals surface area contributed by atoms with Crippen LogP contribution in [0.15, 0.2) is 18.2 Å². The van der Waals surface area contributed by atoms with Gasteiger partial charge in [-0.05, 0) is 30.5 Å². The van der Waals surface area contributed by atoms with Gasteiger partial charge in [-0.15, -0.1) is 0 Å². The van der Waals surface area contributed by atoms with Gasteiger partial charge in [0.1, 0.15) is 0 Å². The lowest BCUT2D eigenvalue weighted by Gasteiger charge is -2.11. The third-order valence-electron chi connectivity index (χ3n) is 2.11. The minimum absolute atomic E-state index is 0.0271. The number of halogens is 2. The van der Waals surface area contributed by atoms with Crippen molar-refractivity contribution in [2.75, 3.05) is 6.54 Å². The van der Waals surface area contributed by atoms with E-state index in [1.54, 1.807) is 6.07 Å². The van der Waals surface area contributed by atoms with Crippen LogP contribution in [0.25, 0.3) is 0 Å². The van der Waals surface area contributed by atoms with Gasteiger partial charge in [0.05, 0.1) is 0 Å². The van der Waals surface area contributed by atoms with Crippen molar-refractivity contribution in [1.82, 2.24) is 0 Å². The van der Waals surface area contributed by atoms with E-state index in [0.717, 1.165) is 6.07 Å². The molecule has 0 aliphatic carbocycles. The number of hydrogen-bond donors (Lipinski definition) is 1. The molecule has 0 radical (unpaired) electrons. The van der Waals surface area contributed by atoms with E-state index >= 15 is 0 Å². The molecule has 1 aromatic carbocycles. The standard InChI is InChI=1S/C10H13F2N/c1-7(5-6-13)8-3-2-4-9(11)10(8)12/h2-4,7H,5-6,13H2,1H3. The highest BCUT2D eigenvalue weighted by molar-refractivity contribution is 5.22. The Labute approximate surface area is 76.6 Å². The molecule has 0 aliphatic heterocycles. The van der Waals surface area contributed by atoms with Crippen molar-refractivity contribution in [3.8, 4) is 0 Å². The quantitative estimate of drug-likeness (QED) is 0.768. The van der Waals surface area contributed by atoms with Crippen molar-refractivity contribution >= 4 is 0 Å². The summed E-state index contributed by atoms with van der Waals surface area (Å²) in [6.07, 6.45) is 0.667. The van der Waals surface area contributed by atoms with Crippen LogP contribution in [0.1, 0.15) is 24.8 Å². The monoisotopic (exact) mass is 185 g/mol. The molecule has 0 saturated heterocycles. The second-order valence-electron chi connectivity index (χ2n) is 3.12. The normalized spacial score (nSPS) is 12.9. The summed E-state index contributed by atoms with van der Waals surface area (Å²) in [6.45, 7) is 2.32. The first-order chi connectivity index (χ1) is 6.16. The van der Waals surface area contributed by atoms with Crippen molar-refractivity contribution in [1.29, 1.82) is 0 Å². The first kappa shape index (κ1) is 10.1. The van der Waals surface area contributed by atoms with Crippen LogP contribution in [0.5, 0.6) is 0 Å². The number of hydrogen-bond acceptors (Lipinski definition) is 1. The van der Waals surface area contributed by atoms with Crippen LogP contribution in [-0.4, -0.2) is 6.54 Å². The molecule has 1 rings (SSSR count). The van der Waals surface area contributed by atoms with Gasteiger partial charge in [-0.3, -0.25) is 0 Å². The Balaban J connectivity index is 2.93. The topological polar surface area (TPSA) is 26.0 Å². The van der Waals surface area contributed by atoms with E-state index in [1.165, 1.54) is 6.07 Å². The summed E-state index contributed by atoms with van der Waals surface area (Å²) >= 11 is 0. The lowest BCUT2D eigenvalue weighted by atomic mass is 9.97. The van der Waals surface area contributed by atoms with Gasteiger partial charge in [0.15, 0.2) is 11.6 Å². The van der Waals surface area contributed by atoms with Crippen LogP contribution < -0.4 is 5.73 Å². The predicted molar refractivity (Wildman–Crippen MR) is 48.4 cm³/mol. The summed E-state index contributed by atoms with van der Waals surface area (Å²) in [5, 5.41) is 0. The molecule has 0 bridgehead atoms. The van der Waals surface area contributed by atoms with E-state index in [0.29, 0.717) is 18.5 Å². The van der Waals surface area contributed by atoms with Crippen LogP contribution >= 0.6 is 0 Å². The Morgan fingerprint density at radius 2 is 2.08 bits per heavy atom. The van der Waals surface area contributed by atoms with E-state index in [-0.39, 0.29) is 5.92 Å². The second kappa shape index (κ2) is 4.33. The highest BCUT2D eigenvalue weighted by Gasteiger charge is 2.12. The van der Waals surface area contributed by atoms with Gasteiger partial charge in [-0.1, -0.05) is 19.1 Å². The third-order valence-corrected chi connectivity index (χ3v) is 2.11. The number of benzene rings is 1. The highest BCUT2D eigenvalue weighted by atomic mass is 19.2. The first-order valence-corrected chi connectivity index (χ1v) is 4.30. The maximum absolute atomic E-state index is 13.2. The Bertz CT molecular complexity index is 286. The molecule has 0 aliphatic rings. The third kappa shape index (κ3) is 2.25. The molecule has 1 nitrogen and oxygen atoms in total. The van der Waals surface area contributed by atoms with Gasteiger partial charge >= 0.3 is 0 Å². The summed E-state index contributed by atoms with van der Waals surface area (Å²) in [6, 6.07) is 4.23. The second-order valence-corrected chi connectivity index (χ2v) is 3.12. The van der Waals surface area contributed by atoms with E-state index < -0.39 is 11.6 Å². The average Bonchev–Trinajstić information content (AvgIpc) is 2.10. The molecule has 13 heavy (non-hydrogen) atoms. The molecule has 0 fully saturated rings. The molecule has 1 aromatic rings. The van der Waals surface area contributed by atoms with Crippen molar-refractivity contribution in [3.05, 3.63) is 35.4 Å². The summed E-state index contributed by atoms with van der Waals surface area (Å²) < 4.78 is 25.9. The Morgan fingerprint density at radius 3 is 2.69 bits per heavy atom. The fraction of sp³-hybridized carbons (Fsp3) is 0.400. The molecule has 0 amide bonds. The van der Waals surface area contributed by atoms with Crippen molar-refractivity contribution in [2.45, 2.75) is 19.3 Å². The van der Waals surface area contributed by atoms with Crippen LogP contribution in [0, 0.1) is 11.6 Å². The average molecular weight is 185 g/mol. The van der Waals surface area contributed by atoms with Crippen molar-refractivity contribution in [2.24, 2.45) is 5.73 Å². The number of nitrogens with two attached hydrogens (primary N) is 1. The smallest absolute Gasteiger partial charge is 0.162 e. The summed E-state index contributed by atoms with van der Waals surface area (Å²) in [5.74, 6) is -1.56. The zero-order chi connectivity index (χ0) is 9.84. The maximum Gasteiger partial charge on any atom is 0.162 e. The number of rotatable bonds is 3. The van der Waals surface area contributed by atoms with Crippen LogP contribution in [0.4, 0.5) is 8.78 Å². The van der Waals surface area contributed by atoms with Gasteiger partial charge in [0, 0.05) is 0 Å². The molecular formula is C10H13F2N. The zero-order valence-corrected chi connectivity index (χ0v) is 7.56. The Hall–Kier alpha value is -0.960. The molecule has 2 N–H and O–H groups in total.